The predicted molar refractivity (Wildman–Crippen MR) is 76.7 cm³/mol. The van der Waals surface area contributed by atoms with Crippen molar-refractivity contribution in [1.82, 2.24) is 5.32 Å². The van der Waals surface area contributed by atoms with E-state index >= 15 is 0 Å². The maximum atomic E-state index is 9.86. The third kappa shape index (κ3) is 4.60. The number of benzene rings is 1. The topological polar surface area (TPSA) is 32.3 Å². The van der Waals surface area contributed by atoms with Crippen LogP contribution in [0, 0.1) is 0 Å². The number of hydrogen-bond donors (Lipinski definition) is 2. The third-order valence-corrected chi connectivity index (χ3v) is 3.61. The first-order valence-corrected chi connectivity index (χ1v) is 7.61. The van der Waals surface area contributed by atoms with E-state index in [1.54, 1.807) is 6.07 Å². The Morgan fingerprint density at radius 1 is 1.35 bits per heavy atom. The van der Waals surface area contributed by atoms with Crippen molar-refractivity contribution < 1.29 is 5.11 Å². The Morgan fingerprint density at radius 3 is 2.65 bits per heavy atom. The molecule has 0 spiro atoms. The molecule has 0 aliphatic heterocycles. The Hall–Kier alpha value is -0.670. The molecule has 0 radical (unpaired) electrons. The van der Waals surface area contributed by atoms with Gasteiger partial charge in [-0.3, -0.25) is 0 Å². The molecule has 1 aromatic carbocycles. The molecule has 96 valence electrons. The van der Waals surface area contributed by atoms with Gasteiger partial charge in [0.15, 0.2) is 0 Å². The zero-order valence-corrected chi connectivity index (χ0v) is 11.8. The van der Waals surface area contributed by atoms with Gasteiger partial charge in [-0.25, -0.2) is 0 Å². The lowest BCUT2D eigenvalue weighted by atomic mass is 10.0. The van der Waals surface area contributed by atoms with Gasteiger partial charge < -0.3 is 10.4 Å². The highest BCUT2D eigenvalue weighted by Crippen LogP contribution is 2.26. The Bertz CT molecular complexity index is 330. The number of nitrogens with one attached hydrogen (secondary N) is 1. The molecule has 2 N–H and O–H groups in total. The maximum absolute atomic E-state index is 9.86. The average molecular weight is 253 g/mol. The number of para-hydroxylation sites is 1. The van der Waals surface area contributed by atoms with Gasteiger partial charge in [0.25, 0.3) is 0 Å². The highest BCUT2D eigenvalue weighted by Gasteiger charge is 2.14. The van der Waals surface area contributed by atoms with Crippen LogP contribution in [0.5, 0.6) is 5.75 Å². The van der Waals surface area contributed by atoms with Crippen LogP contribution in [0.4, 0.5) is 0 Å². The van der Waals surface area contributed by atoms with Gasteiger partial charge in [0.1, 0.15) is 5.75 Å². The predicted octanol–water partition coefficient (Wildman–Crippen LogP) is 3.57. The van der Waals surface area contributed by atoms with E-state index in [2.05, 4.69) is 25.4 Å². The van der Waals surface area contributed by atoms with Crippen molar-refractivity contribution in [2.75, 3.05) is 12.0 Å². The highest BCUT2D eigenvalue weighted by molar-refractivity contribution is 7.98. The summed E-state index contributed by atoms with van der Waals surface area (Å²) in [5.74, 6) is 1.56. The fraction of sp³-hybridized carbons (Fsp3) is 0.571. The second-order valence-corrected chi connectivity index (χ2v) is 5.35. The number of thioether (sulfide) groups is 1. The second kappa shape index (κ2) is 7.62. The van der Waals surface area contributed by atoms with E-state index in [1.807, 2.05) is 30.0 Å². The number of aromatic hydroxyl groups is 1. The summed E-state index contributed by atoms with van der Waals surface area (Å²) in [5, 5.41) is 13.4. The minimum atomic E-state index is 0.244. The van der Waals surface area contributed by atoms with Crippen molar-refractivity contribution in [2.45, 2.75) is 38.8 Å². The molecule has 0 amide bonds. The number of hydrogen-bond acceptors (Lipinski definition) is 3. The van der Waals surface area contributed by atoms with Crippen LogP contribution in [0.25, 0.3) is 0 Å². The Balaban J connectivity index is 2.62. The van der Waals surface area contributed by atoms with Gasteiger partial charge in [-0.1, -0.05) is 25.1 Å². The van der Waals surface area contributed by atoms with Gasteiger partial charge >= 0.3 is 0 Å². The Kier molecular flexibility index (Phi) is 6.45. The standard InChI is InChI=1S/C14H23NOS/c1-4-13(15-11(2)9-10-17-3)12-7-5-6-8-14(12)16/h5-8,11,13,15-16H,4,9-10H2,1-3H3. The van der Waals surface area contributed by atoms with E-state index in [0.717, 1.165) is 18.4 Å². The molecule has 0 aliphatic carbocycles. The lowest BCUT2D eigenvalue weighted by Gasteiger charge is -2.23. The summed E-state index contributed by atoms with van der Waals surface area (Å²) in [6.07, 6.45) is 4.28. The van der Waals surface area contributed by atoms with Crippen LogP contribution in [0.1, 0.15) is 38.3 Å². The molecule has 0 aliphatic rings. The van der Waals surface area contributed by atoms with Gasteiger partial charge in [0, 0.05) is 17.6 Å². The number of phenolic OH excluding ortho intramolecular Hbond substituents is 1. The minimum Gasteiger partial charge on any atom is -0.508 e. The van der Waals surface area contributed by atoms with E-state index in [4.69, 9.17) is 0 Å². The number of rotatable bonds is 7. The first-order valence-electron chi connectivity index (χ1n) is 6.21. The first kappa shape index (κ1) is 14.4. The van der Waals surface area contributed by atoms with E-state index in [9.17, 15) is 5.11 Å². The lowest BCUT2D eigenvalue weighted by Crippen LogP contribution is -2.30. The molecule has 0 heterocycles. The highest BCUT2D eigenvalue weighted by atomic mass is 32.2. The van der Waals surface area contributed by atoms with Crippen molar-refractivity contribution in [1.29, 1.82) is 0 Å². The summed E-state index contributed by atoms with van der Waals surface area (Å²) in [6, 6.07) is 8.32. The van der Waals surface area contributed by atoms with E-state index in [1.165, 1.54) is 5.75 Å². The molecule has 0 saturated heterocycles. The van der Waals surface area contributed by atoms with Gasteiger partial charge in [0.05, 0.1) is 0 Å². The Morgan fingerprint density at radius 2 is 2.06 bits per heavy atom. The molecule has 0 saturated carbocycles. The lowest BCUT2D eigenvalue weighted by molar-refractivity contribution is 0.411. The zero-order valence-electron chi connectivity index (χ0n) is 10.9. The van der Waals surface area contributed by atoms with Crippen LogP contribution >= 0.6 is 11.8 Å². The molecule has 17 heavy (non-hydrogen) atoms. The maximum Gasteiger partial charge on any atom is 0.120 e. The summed E-state index contributed by atoms with van der Waals surface area (Å²) >= 11 is 1.87. The quantitative estimate of drug-likeness (QED) is 0.779. The minimum absolute atomic E-state index is 0.244. The molecule has 1 aromatic rings. The molecule has 2 atom stereocenters. The third-order valence-electron chi connectivity index (χ3n) is 2.96. The van der Waals surface area contributed by atoms with Crippen LogP contribution in [0.2, 0.25) is 0 Å². The van der Waals surface area contributed by atoms with Crippen molar-refractivity contribution in [3.05, 3.63) is 29.8 Å². The summed E-state index contributed by atoms with van der Waals surface area (Å²) in [4.78, 5) is 0. The molecular weight excluding hydrogens is 230 g/mol. The fourth-order valence-corrected chi connectivity index (χ4v) is 2.52. The average Bonchev–Trinajstić information content (AvgIpc) is 2.34. The van der Waals surface area contributed by atoms with Crippen LogP contribution in [-0.2, 0) is 0 Å². The summed E-state index contributed by atoms with van der Waals surface area (Å²) in [6.45, 7) is 4.35. The first-order chi connectivity index (χ1) is 8.19. The summed E-state index contributed by atoms with van der Waals surface area (Å²) in [7, 11) is 0. The van der Waals surface area contributed by atoms with E-state index in [-0.39, 0.29) is 6.04 Å². The van der Waals surface area contributed by atoms with Crippen molar-refractivity contribution in [3.63, 3.8) is 0 Å². The molecule has 1 rings (SSSR count). The fourth-order valence-electron chi connectivity index (χ4n) is 1.93. The van der Waals surface area contributed by atoms with Crippen molar-refractivity contribution >= 4 is 11.8 Å². The molecule has 0 fully saturated rings. The zero-order chi connectivity index (χ0) is 12.7. The van der Waals surface area contributed by atoms with Gasteiger partial charge in [-0.2, -0.15) is 11.8 Å². The largest absolute Gasteiger partial charge is 0.508 e. The molecule has 0 bridgehead atoms. The van der Waals surface area contributed by atoms with E-state index in [0.29, 0.717) is 11.8 Å². The number of phenols is 1. The molecule has 0 aromatic heterocycles. The van der Waals surface area contributed by atoms with Crippen molar-refractivity contribution in [2.24, 2.45) is 0 Å². The summed E-state index contributed by atoms with van der Waals surface area (Å²) < 4.78 is 0. The van der Waals surface area contributed by atoms with Crippen LogP contribution in [0.15, 0.2) is 24.3 Å². The van der Waals surface area contributed by atoms with Crippen LogP contribution < -0.4 is 5.32 Å². The van der Waals surface area contributed by atoms with Crippen LogP contribution in [0.3, 0.4) is 0 Å². The smallest absolute Gasteiger partial charge is 0.120 e. The van der Waals surface area contributed by atoms with Gasteiger partial charge in [-0.15, -0.1) is 0 Å². The van der Waals surface area contributed by atoms with Crippen molar-refractivity contribution in [3.8, 4) is 5.75 Å². The SMILES string of the molecule is CCC(NC(C)CCSC)c1ccccc1O. The summed E-state index contributed by atoms with van der Waals surface area (Å²) in [5.41, 5.74) is 1.01. The molecular formula is C14H23NOS. The molecule has 2 nitrogen and oxygen atoms in total. The van der Waals surface area contributed by atoms with Gasteiger partial charge in [0.2, 0.25) is 0 Å². The van der Waals surface area contributed by atoms with E-state index < -0.39 is 0 Å². The monoisotopic (exact) mass is 253 g/mol. The molecule has 3 heteroatoms. The van der Waals surface area contributed by atoms with Crippen LogP contribution in [-0.4, -0.2) is 23.2 Å². The normalized spacial score (nSPS) is 14.5. The van der Waals surface area contributed by atoms with Gasteiger partial charge in [-0.05, 0) is 37.8 Å². The molecule has 2 unspecified atom stereocenters. The Labute approximate surface area is 109 Å². The second-order valence-electron chi connectivity index (χ2n) is 4.37.